The predicted octanol–water partition coefficient (Wildman–Crippen LogP) is 4.98. The fraction of sp³-hybridized carbons (Fsp3) is 0.733. The maximum atomic E-state index is 12.0. The van der Waals surface area contributed by atoms with Gasteiger partial charge in [0.05, 0.1) is 37.6 Å². The molecule has 0 unspecified atom stereocenters. The van der Waals surface area contributed by atoms with Crippen molar-refractivity contribution in [2.45, 2.75) is 84.0 Å². The van der Waals surface area contributed by atoms with Gasteiger partial charge in [0.2, 0.25) is 0 Å². The SMILES string of the molecule is C=C(CO)C(=O)OCC(COC(=O)C(=C)CO)C1CCC(C#CC2CCC(CCCCC)CC2)CC1. The van der Waals surface area contributed by atoms with Crippen molar-refractivity contribution in [3.8, 4) is 11.8 Å². The van der Waals surface area contributed by atoms with E-state index in [1.54, 1.807) is 0 Å². The second-order valence-electron chi connectivity index (χ2n) is 10.6. The molecule has 0 aliphatic heterocycles. The highest BCUT2D eigenvalue weighted by molar-refractivity contribution is 5.88. The first-order chi connectivity index (χ1) is 17.4. The molecule has 0 saturated heterocycles. The predicted molar refractivity (Wildman–Crippen MR) is 141 cm³/mol. The number of aliphatic hydroxyl groups excluding tert-OH is 2. The Labute approximate surface area is 217 Å². The van der Waals surface area contributed by atoms with Crippen molar-refractivity contribution in [2.24, 2.45) is 29.6 Å². The third-order valence-corrected chi connectivity index (χ3v) is 7.81. The Morgan fingerprint density at radius 3 is 1.72 bits per heavy atom. The van der Waals surface area contributed by atoms with Gasteiger partial charge in [-0.15, -0.1) is 0 Å². The highest BCUT2D eigenvalue weighted by atomic mass is 16.5. The summed E-state index contributed by atoms with van der Waals surface area (Å²) in [5.41, 5.74) is -0.0123. The molecule has 2 fully saturated rings. The standard InChI is InChI=1S/C30H46O6/c1-4-5-6-7-24-8-10-25(11-9-24)12-13-26-14-16-27(17-15-26)28(20-35-29(33)22(2)18-31)21-36-30(34)23(3)19-32/h24-28,31-32H,2-11,14-21H2,1H3. The lowest BCUT2D eigenvalue weighted by Crippen LogP contribution is -2.31. The molecule has 2 aliphatic carbocycles. The fourth-order valence-electron chi connectivity index (χ4n) is 5.27. The molecular weight excluding hydrogens is 456 g/mol. The summed E-state index contributed by atoms with van der Waals surface area (Å²) in [5, 5.41) is 18.2. The van der Waals surface area contributed by atoms with E-state index < -0.39 is 25.2 Å². The van der Waals surface area contributed by atoms with E-state index in [4.69, 9.17) is 19.7 Å². The zero-order valence-electron chi connectivity index (χ0n) is 22.1. The molecule has 0 bridgehead atoms. The number of carbonyl (C=O) groups excluding carboxylic acids is 2. The van der Waals surface area contributed by atoms with Crippen molar-refractivity contribution in [3.63, 3.8) is 0 Å². The van der Waals surface area contributed by atoms with Gasteiger partial charge in [0.25, 0.3) is 0 Å². The highest BCUT2D eigenvalue weighted by Crippen LogP contribution is 2.35. The average Bonchev–Trinajstić information content (AvgIpc) is 2.91. The molecule has 0 atom stereocenters. The van der Waals surface area contributed by atoms with Gasteiger partial charge in [0, 0.05) is 17.8 Å². The molecule has 6 nitrogen and oxygen atoms in total. The summed E-state index contributed by atoms with van der Waals surface area (Å²) < 4.78 is 10.7. The normalized spacial score (nSPS) is 23.9. The van der Waals surface area contributed by atoms with Crippen LogP contribution in [0.5, 0.6) is 0 Å². The molecule has 0 aromatic heterocycles. The Balaban J connectivity index is 1.83. The van der Waals surface area contributed by atoms with Gasteiger partial charge in [-0.1, -0.05) is 57.6 Å². The third-order valence-electron chi connectivity index (χ3n) is 7.81. The van der Waals surface area contributed by atoms with Crippen LogP contribution in [0.4, 0.5) is 0 Å². The molecule has 202 valence electrons. The van der Waals surface area contributed by atoms with Crippen LogP contribution in [-0.4, -0.2) is 48.6 Å². The minimum Gasteiger partial charge on any atom is -0.462 e. The van der Waals surface area contributed by atoms with E-state index in [1.807, 2.05) is 0 Å². The Morgan fingerprint density at radius 1 is 0.806 bits per heavy atom. The van der Waals surface area contributed by atoms with Crippen molar-refractivity contribution in [1.29, 1.82) is 0 Å². The van der Waals surface area contributed by atoms with E-state index in [9.17, 15) is 9.59 Å². The lowest BCUT2D eigenvalue weighted by molar-refractivity contribution is -0.146. The number of esters is 2. The zero-order chi connectivity index (χ0) is 26.3. The van der Waals surface area contributed by atoms with Gasteiger partial charge in [-0.25, -0.2) is 9.59 Å². The number of hydrogen-bond donors (Lipinski definition) is 2. The van der Waals surface area contributed by atoms with Crippen molar-refractivity contribution in [1.82, 2.24) is 0 Å². The van der Waals surface area contributed by atoms with Crippen LogP contribution in [0.1, 0.15) is 84.0 Å². The Morgan fingerprint density at radius 2 is 1.28 bits per heavy atom. The van der Waals surface area contributed by atoms with E-state index in [0.717, 1.165) is 31.6 Å². The summed E-state index contributed by atoms with van der Waals surface area (Å²) in [6, 6.07) is 0. The quantitative estimate of drug-likeness (QED) is 0.160. The maximum absolute atomic E-state index is 12.0. The van der Waals surface area contributed by atoms with Crippen LogP contribution >= 0.6 is 0 Å². The van der Waals surface area contributed by atoms with Gasteiger partial charge >= 0.3 is 11.9 Å². The molecule has 2 saturated carbocycles. The van der Waals surface area contributed by atoms with Crippen LogP contribution in [0.25, 0.3) is 0 Å². The molecule has 0 aromatic rings. The second-order valence-corrected chi connectivity index (χ2v) is 10.6. The summed E-state index contributed by atoms with van der Waals surface area (Å²) in [5.74, 6) is 7.74. The van der Waals surface area contributed by atoms with Gasteiger partial charge in [-0.2, -0.15) is 0 Å². The summed E-state index contributed by atoms with van der Waals surface area (Å²) in [6.07, 6.45) is 14.3. The molecule has 2 N–H and O–H groups in total. The molecular formula is C30H46O6. The van der Waals surface area contributed by atoms with E-state index in [-0.39, 0.29) is 36.2 Å². The Hall–Kier alpha value is -2.10. The monoisotopic (exact) mass is 502 g/mol. The van der Waals surface area contributed by atoms with Gasteiger partial charge in [0.15, 0.2) is 0 Å². The molecule has 6 heteroatoms. The van der Waals surface area contributed by atoms with E-state index in [1.165, 1.54) is 51.4 Å². The summed E-state index contributed by atoms with van der Waals surface area (Å²) >= 11 is 0. The topological polar surface area (TPSA) is 93.1 Å². The lowest BCUT2D eigenvalue weighted by Gasteiger charge is -2.32. The zero-order valence-corrected chi connectivity index (χ0v) is 22.1. The Kier molecular flexibility index (Phi) is 13.9. The van der Waals surface area contributed by atoms with Gasteiger partial charge in [0.1, 0.15) is 0 Å². The summed E-state index contributed by atoms with van der Waals surface area (Å²) in [6.45, 7) is 8.50. The van der Waals surface area contributed by atoms with Crippen molar-refractivity contribution in [3.05, 3.63) is 24.3 Å². The molecule has 0 amide bonds. The third kappa shape index (κ3) is 10.5. The van der Waals surface area contributed by atoms with E-state index in [0.29, 0.717) is 11.8 Å². The molecule has 2 aliphatic rings. The molecule has 2 rings (SSSR count). The van der Waals surface area contributed by atoms with Crippen LogP contribution in [-0.2, 0) is 19.1 Å². The number of carbonyl (C=O) groups is 2. The highest BCUT2D eigenvalue weighted by Gasteiger charge is 2.30. The van der Waals surface area contributed by atoms with Crippen LogP contribution in [0.15, 0.2) is 24.3 Å². The second kappa shape index (κ2) is 16.6. The molecule has 0 spiro atoms. The van der Waals surface area contributed by atoms with Crippen LogP contribution in [0.3, 0.4) is 0 Å². The van der Waals surface area contributed by atoms with E-state index in [2.05, 4.69) is 31.9 Å². The van der Waals surface area contributed by atoms with Gasteiger partial charge in [-0.3, -0.25) is 0 Å². The van der Waals surface area contributed by atoms with Crippen molar-refractivity contribution < 1.29 is 29.3 Å². The first-order valence-electron chi connectivity index (χ1n) is 13.8. The Bertz CT molecular complexity index is 743. The molecule has 0 heterocycles. The maximum Gasteiger partial charge on any atom is 0.335 e. The molecule has 36 heavy (non-hydrogen) atoms. The van der Waals surface area contributed by atoms with Crippen LogP contribution in [0, 0.1) is 41.4 Å². The van der Waals surface area contributed by atoms with Gasteiger partial charge in [-0.05, 0) is 63.2 Å². The van der Waals surface area contributed by atoms with Crippen LogP contribution in [0.2, 0.25) is 0 Å². The minimum absolute atomic E-state index is 0.00613. The first kappa shape index (κ1) is 30.1. The van der Waals surface area contributed by atoms with Crippen LogP contribution < -0.4 is 0 Å². The first-order valence-corrected chi connectivity index (χ1v) is 13.8. The average molecular weight is 503 g/mol. The minimum atomic E-state index is -0.645. The number of aliphatic hydroxyl groups is 2. The van der Waals surface area contributed by atoms with Crippen molar-refractivity contribution >= 4 is 11.9 Å². The fourth-order valence-corrected chi connectivity index (χ4v) is 5.27. The molecule has 0 aromatic carbocycles. The summed E-state index contributed by atoms with van der Waals surface area (Å²) in [4.78, 5) is 23.9. The molecule has 0 radical (unpaired) electrons. The number of rotatable bonds is 13. The number of hydrogen-bond acceptors (Lipinski definition) is 6. The number of unbranched alkanes of at least 4 members (excludes halogenated alkanes) is 2. The lowest BCUT2D eigenvalue weighted by atomic mass is 9.75. The van der Waals surface area contributed by atoms with Gasteiger partial charge < -0.3 is 19.7 Å². The summed E-state index contributed by atoms with van der Waals surface area (Å²) in [7, 11) is 0. The number of ether oxygens (including phenoxy) is 2. The van der Waals surface area contributed by atoms with E-state index >= 15 is 0 Å². The largest absolute Gasteiger partial charge is 0.462 e. The smallest absolute Gasteiger partial charge is 0.335 e. The van der Waals surface area contributed by atoms with Crippen molar-refractivity contribution in [2.75, 3.05) is 26.4 Å².